The summed E-state index contributed by atoms with van der Waals surface area (Å²) in [4.78, 5) is 15.3. The number of aromatic nitrogens is 1. The zero-order chi connectivity index (χ0) is 13.8. The minimum atomic E-state index is -1.03. The Morgan fingerprint density at radius 3 is 2.89 bits per heavy atom. The van der Waals surface area contributed by atoms with Crippen LogP contribution in [0.2, 0.25) is 0 Å². The zero-order valence-corrected chi connectivity index (χ0v) is 10.9. The summed E-state index contributed by atoms with van der Waals surface area (Å²) in [6.45, 7) is 3.56. The van der Waals surface area contributed by atoms with Crippen LogP contribution in [0.25, 0.3) is 0 Å². The van der Waals surface area contributed by atoms with E-state index in [9.17, 15) is 4.79 Å². The van der Waals surface area contributed by atoms with E-state index in [1.54, 1.807) is 0 Å². The van der Waals surface area contributed by atoms with Crippen LogP contribution in [-0.4, -0.2) is 35.3 Å². The summed E-state index contributed by atoms with van der Waals surface area (Å²) in [7, 11) is 0. The fraction of sp³-hybridized carbons (Fsp3) is 0.538. The van der Waals surface area contributed by atoms with Gasteiger partial charge in [-0.25, -0.2) is 9.78 Å². The van der Waals surface area contributed by atoms with Gasteiger partial charge in [0, 0.05) is 19.3 Å². The lowest BCUT2D eigenvalue weighted by atomic mass is 9.93. The number of nitrogen functional groups attached to an aromatic ring is 1. The molecule has 104 valence electrons. The van der Waals surface area contributed by atoms with Crippen LogP contribution in [0.3, 0.4) is 0 Å². The molecule has 2 heterocycles. The maximum absolute atomic E-state index is 11.2. The molecule has 0 aliphatic carbocycles. The molecule has 0 radical (unpaired) electrons. The Labute approximate surface area is 112 Å². The van der Waals surface area contributed by atoms with Crippen molar-refractivity contribution in [2.24, 2.45) is 5.92 Å². The van der Waals surface area contributed by atoms with Crippen molar-refractivity contribution in [2.45, 2.75) is 25.8 Å². The number of hydrogen-bond donors (Lipinski definition) is 3. The third-order valence-electron chi connectivity index (χ3n) is 3.48. The van der Waals surface area contributed by atoms with E-state index in [1.165, 1.54) is 12.3 Å². The number of carboxylic acids is 1. The highest BCUT2D eigenvalue weighted by molar-refractivity contribution is 5.94. The molecule has 1 aromatic rings. The van der Waals surface area contributed by atoms with E-state index in [1.807, 2.05) is 6.92 Å². The number of hydrogen-bond acceptors (Lipinski definition) is 5. The highest BCUT2D eigenvalue weighted by Crippen LogP contribution is 2.23. The molecule has 0 bridgehead atoms. The SMILES string of the molecule is CC(Nc1ncc(N)cc1C(=O)O)C1CCOCC1. The molecule has 1 saturated heterocycles. The minimum Gasteiger partial charge on any atom is -0.478 e. The molecule has 0 aromatic carbocycles. The van der Waals surface area contributed by atoms with Crippen molar-refractivity contribution in [3.8, 4) is 0 Å². The molecule has 1 unspecified atom stereocenters. The van der Waals surface area contributed by atoms with Crippen molar-refractivity contribution in [1.29, 1.82) is 0 Å². The highest BCUT2D eigenvalue weighted by atomic mass is 16.5. The number of nitrogens with zero attached hydrogens (tertiary/aromatic N) is 1. The first-order valence-corrected chi connectivity index (χ1v) is 6.41. The minimum absolute atomic E-state index is 0.110. The molecule has 1 aliphatic heterocycles. The Morgan fingerprint density at radius 1 is 1.58 bits per heavy atom. The fourth-order valence-electron chi connectivity index (χ4n) is 2.31. The van der Waals surface area contributed by atoms with Crippen molar-refractivity contribution in [3.05, 3.63) is 17.8 Å². The lowest BCUT2D eigenvalue weighted by molar-refractivity contribution is 0.0620. The Balaban J connectivity index is 2.11. The van der Waals surface area contributed by atoms with Crippen LogP contribution in [0.15, 0.2) is 12.3 Å². The van der Waals surface area contributed by atoms with Gasteiger partial charge < -0.3 is 20.9 Å². The number of aromatic carboxylic acids is 1. The lowest BCUT2D eigenvalue weighted by Gasteiger charge is -2.29. The third-order valence-corrected chi connectivity index (χ3v) is 3.48. The van der Waals surface area contributed by atoms with E-state index in [-0.39, 0.29) is 11.6 Å². The fourth-order valence-corrected chi connectivity index (χ4v) is 2.31. The molecule has 1 atom stereocenters. The van der Waals surface area contributed by atoms with Gasteiger partial charge in [-0.15, -0.1) is 0 Å². The van der Waals surface area contributed by atoms with E-state index in [0.717, 1.165) is 26.1 Å². The van der Waals surface area contributed by atoms with Crippen LogP contribution in [-0.2, 0) is 4.74 Å². The summed E-state index contributed by atoms with van der Waals surface area (Å²) in [6.07, 6.45) is 3.42. The second kappa shape index (κ2) is 5.88. The van der Waals surface area contributed by atoms with Crippen molar-refractivity contribution in [3.63, 3.8) is 0 Å². The van der Waals surface area contributed by atoms with Crippen LogP contribution in [0, 0.1) is 5.92 Å². The summed E-state index contributed by atoms with van der Waals surface area (Å²) in [5, 5.41) is 12.3. The summed E-state index contributed by atoms with van der Waals surface area (Å²) in [5.41, 5.74) is 6.03. The van der Waals surface area contributed by atoms with E-state index in [2.05, 4.69) is 10.3 Å². The van der Waals surface area contributed by atoms with Crippen molar-refractivity contribution < 1.29 is 14.6 Å². The van der Waals surface area contributed by atoms with Gasteiger partial charge in [-0.3, -0.25) is 0 Å². The standard InChI is InChI=1S/C13H19N3O3/c1-8(9-2-4-19-5-3-9)16-12-11(13(17)18)6-10(14)7-15-12/h6-9H,2-5,14H2,1H3,(H,15,16)(H,17,18). The summed E-state index contributed by atoms with van der Waals surface area (Å²) < 4.78 is 5.32. The predicted octanol–water partition coefficient (Wildman–Crippen LogP) is 1.59. The van der Waals surface area contributed by atoms with Gasteiger partial charge in [-0.05, 0) is 31.7 Å². The second-order valence-electron chi connectivity index (χ2n) is 4.85. The average Bonchev–Trinajstić information content (AvgIpc) is 2.41. The lowest BCUT2D eigenvalue weighted by Crippen LogP contribution is -2.31. The van der Waals surface area contributed by atoms with Crippen molar-refractivity contribution in [1.82, 2.24) is 4.98 Å². The number of carboxylic acid groups (broad SMARTS) is 1. The van der Waals surface area contributed by atoms with Crippen LogP contribution in [0.5, 0.6) is 0 Å². The normalized spacial score (nSPS) is 17.9. The van der Waals surface area contributed by atoms with E-state index in [4.69, 9.17) is 15.6 Å². The Bertz CT molecular complexity index is 458. The maximum Gasteiger partial charge on any atom is 0.339 e. The molecule has 1 fully saturated rings. The first kappa shape index (κ1) is 13.6. The highest BCUT2D eigenvalue weighted by Gasteiger charge is 2.22. The number of nitrogens with two attached hydrogens (primary N) is 1. The van der Waals surface area contributed by atoms with Crippen LogP contribution in [0.4, 0.5) is 11.5 Å². The van der Waals surface area contributed by atoms with Gasteiger partial charge in [0.05, 0.1) is 11.9 Å². The number of ether oxygens (including phenoxy) is 1. The quantitative estimate of drug-likeness (QED) is 0.764. The van der Waals surface area contributed by atoms with E-state index in [0.29, 0.717) is 17.4 Å². The number of nitrogens with one attached hydrogen (secondary N) is 1. The number of carbonyl (C=O) groups is 1. The van der Waals surface area contributed by atoms with E-state index >= 15 is 0 Å². The van der Waals surface area contributed by atoms with Gasteiger partial charge in [0.15, 0.2) is 0 Å². The largest absolute Gasteiger partial charge is 0.478 e. The Hall–Kier alpha value is -1.82. The number of pyridine rings is 1. The molecule has 2 rings (SSSR count). The molecule has 0 saturated carbocycles. The smallest absolute Gasteiger partial charge is 0.339 e. The van der Waals surface area contributed by atoms with Gasteiger partial charge in [-0.1, -0.05) is 0 Å². The molecular formula is C13H19N3O3. The molecule has 1 aromatic heterocycles. The summed E-state index contributed by atoms with van der Waals surface area (Å²) >= 11 is 0. The van der Waals surface area contributed by atoms with Crippen molar-refractivity contribution >= 4 is 17.5 Å². The molecule has 6 heteroatoms. The van der Waals surface area contributed by atoms with Gasteiger partial charge in [0.2, 0.25) is 0 Å². The van der Waals surface area contributed by atoms with Gasteiger partial charge in [0.1, 0.15) is 11.4 Å². The zero-order valence-electron chi connectivity index (χ0n) is 10.9. The van der Waals surface area contributed by atoms with Crippen LogP contribution < -0.4 is 11.1 Å². The third kappa shape index (κ3) is 3.35. The molecule has 19 heavy (non-hydrogen) atoms. The van der Waals surface area contributed by atoms with Crippen LogP contribution >= 0.6 is 0 Å². The van der Waals surface area contributed by atoms with Crippen molar-refractivity contribution in [2.75, 3.05) is 24.3 Å². The average molecular weight is 265 g/mol. The summed E-state index contributed by atoms with van der Waals surface area (Å²) in [5.74, 6) is -0.183. The second-order valence-corrected chi connectivity index (χ2v) is 4.85. The molecule has 6 nitrogen and oxygen atoms in total. The monoisotopic (exact) mass is 265 g/mol. The molecule has 1 aliphatic rings. The Morgan fingerprint density at radius 2 is 2.26 bits per heavy atom. The molecular weight excluding hydrogens is 246 g/mol. The van der Waals surface area contributed by atoms with Gasteiger partial charge >= 0.3 is 5.97 Å². The van der Waals surface area contributed by atoms with Crippen LogP contribution in [0.1, 0.15) is 30.1 Å². The Kier molecular flexibility index (Phi) is 4.21. The van der Waals surface area contributed by atoms with Gasteiger partial charge in [-0.2, -0.15) is 0 Å². The molecule has 0 spiro atoms. The maximum atomic E-state index is 11.2. The molecule has 0 amide bonds. The topological polar surface area (TPSA) is 97.5 Å². The molecule has 4 N–H and O–H groups in total. The first-order chi connectivity index (χ1) is 9.08. The number of anilines is 2. The number of rotatable bonds is 4. The predicted molar refractivity (Wildman–Crippen MR) is 72.2 cm³/mol. The van der Waals surface area contributed by atoms with E-state index < -0.39 is 5.97 Å². The summed E-state index contributed by atoms with van der Waals surface area (Å²) in [6, 6.07) is 1.58. The van der Waals surface area contributed by atoms with Gasteiger partial charge in [0.25, 0.3) is 0 Å². The first-order valence-electron chi connectivity index (χ1n) is 6.41.